The predicted octanol–water partition coefficient (Wildman–Crippen LogP) is 4.74. The van der Waals surface area contributed by atoms with Gasteiger partial charge in [-0.15, -0.1) is 0 Å². The highest BCUT2D eigenvalue weighted by atomic mass is 19.1. The molecule has 0 saturated carbocycles. The van der Waals surface area contributed by atoms with Crippen LogP contribution in [0.2, 0.25) is 0 Å². The van der Waals surface area contributed by atoms with Gasteiger partial charge in [-0.3, -0.25) is 14.7 Å². The average Bonchev–Trinajstić information content (AvgIpc) is 3.31. The molecule has 0 bridgehead atoms. The van der Waals surface area contributed by atoms with E-state index >= 15 is 0 Å². The molecule has 3 heterocycles. The molecule has 2 N–H and O–H groups in total. The zero-order valence-corrected chi connectivity index (χ0v) is 21.3. The number of nitrogens with zero attached hydrogens (tertiary/aromatic N) is 2. The fourth-order valence-corrected chi connectivity index (χ4v) is 5.02. The molecule has 0 spiro atoms. The van der Waals surface area contributed by atoms with E-state index in [0.29, 0.717) is 30.8 Å². The smallest absolute Gasteiger partial charge is 0.325 e. The maximum absolute atomic E-state index is 14.6. The molecule has 1 aromatic heterocycles. The van der Waals surface area contributed by atoms with Crippen molar-refractivity contribution >= 4 is 11.7 Å². The van der Waals surface area contributed by atoms with Gasteiger partial charge in [0, 0.05) is 37.5 Å². The van der Waals surface area contributed by atoms with Gasteiger partial charge in [0.1, 0.15) is 11.9 Å². The lowest BCUT2D eigenvalue weighted by Crippen LogP contribution is -2.34. The van der Waals surface area contributed by atoms with E-state index in [-0.39, 0.29) is 18.8 Å². The van der Waals surface area contributed by atoms with Crippen LogP contribution in [0.1, 0.15) is 68.1 Å². The monoisotopic (exact) mass is 499 g/mol. The number of carboxylic acids is 1. The van der Waals surface area contributed by atoms with Crippen LogP contribution in [0.15, 0.2) is 30.3 Å². The second kappa shape index (κ2) is 12.6. The number of likely N-dealkylation sites (tertiary alicyclic amines) is 1. The number of aryl methyl sites for hydroxylation is 2. The number of rotatable bonds is 12. The van der Waals surface area contributed by atoms with Gasteiger partial charge >= 0.3 is 5.97 Å². The molecule has 7 nitrogen and oxygen atoms in total. The molecular formula is C28H38FN3O4. The Morgan fingerprint density at radius 2 is 2.14 bits per heavy atom. The predicted molar refractivity (Wildman–Crippen MR) is 137 cm³/mol. The summed E-state index contributed by atoms with van der Waals surface area (Å²) in [5.41, 5.74) is 4.23. The average molecular weight is 500 g/mol. The number of hydrogen-bond acceptors (Lipinski definition) is 6. The van der Waals surface area contributed by atoms with Gasteiger partial charge in [0.15, 0.2) is 0 Å². The third kappa shape index (κ3) is 6.81. The number of unbranched alkanes of at least 4 members (excludes halogenated alkanes) is 1. The van der Waals surface area contributed by atoms with Crippen LogP contribution in [-0.2, 0) is 33.7 Å². The van der Waals surface area contributed by atoms with Gasteiger partial charge < -0.3 is 19.9 Å². The van der Waals surface area contributed by atoms with Gasteiger partial charge in [0.25, 0.3) is 0 Å². The molecular weight excluding hydrogens is 461 g/mol. The first kappa shape index (κ1) is 26.5. The number of carboxylic acid groups (broad SMARTS) is 1. The Labute approximate surface area is 213 Å². The number of ether oxygens (including phenoxy) is 2. The summed E-state index contributed by atoms with van der Waals surface area (Å²) >= 11 is 0. The second-order valence-corrected chi connectivity index (χ2v) is 9.97. The standard InChI is InChI=1S/C28H38FN3O4/c1-19(2)36-18-23-22(8-5-9-24(23)29)27(28(33)34)32-15-13-21(17-32)35-16-4-3-7-20-11-12-25-26(31-20)10-6-14-30-25/h5,8-9,11-12,19,21,27,30H,3-4,6-7,10,13-18H2,1-2H3,(H,33,34)/t21-,27?/m1/s1. The molecule has 0 amide bonds. The summed E-state index contributed by atoms with van der Waals surface area (Å²) in [5, 5.41) is 13.4. The molecule has 2 aliphatic rings. The highest BCUT2D eigenvalue weighted by molar-refractivity contribution is 5.76. The lowest BCUT2D eigenvalue weighted by Gasteiger charge is -2.27. The van der Waals surface area contributed by atoms with Crippen LogP contribution in [0.5, 0.6) is 0 Å². The van der Waals surface area contributed by atoms with Gasteiger partial charge in [0.05, 0.1) is 30.2 Å². The Hall–Kier alpha value is -2.55. The highest BCUT2D eigenvalue weighted by Gasteiger charge is 2.35. The van der Waals surface area contributed by atoms with Crippen molar-refractivity contribution in [2.24, 2.45) is 0 Å². The Balaban J connectivity index is 1.27. The third-order valence-corrected chi connectivity index (χ3v) is 6.90. The fraction of sp³-hybridized carbons (Fsp3) is 0.571. The Morgan fingerprint density at radius 1 is 1.28 bits per heavy atom. The lowest BCUT2D eigenvalue weighted by atomic mass is 9.99. The molecule has 4 rings (SSSR count). The number of hydrogen-bond donors (Lipinski definition) is 2. The zero-order valence-electron chi connectivity index (χ0n) is 21.3. The SMILES string of the molecule is CC(C)OCc1c(F)cccc1C(C(=O)O)N1CC[C@@H](OCCCCc2ccc3c(n2)CCCN3)C1. The van der Waals surface area contributed by atoms with E-state index < -0.39 is 17.8 Å². The van der Waals surface area contributed by atoms with E-state index in [2.05, 4.69) is 17.4 Å². The van der Waals surface area contributed by atoms with E-state index in [1.807, 2.05) is 18.7 Å². The lowest BCUT2D eigenvalue weighted by molar-refractivity contribution is -0.143. The van der Waals surface area contributed by atoms with Gasteiger partial charge in [-0.1, -0.05) is 12.1 Å². The van der Waals surface area contributed by atoms with Crippen LogP contribution in [0.4, 0.5) is 10.1 Å². The summed E-state index contributed by atoms with van der Waals surface area (Å²) in [6, 6.07) is 7.93. The van der Waals surface area contributed by atoms with Crippen molar-refractivity contribution < 1.29 is 23.8 Å². The normalized spacial score (nSPS) is 18.7. The van der Waals surface area contributed by atoms with Crippen molar-refractivity contribution in [3.63, 3.8) is 0 Å². The van der Waals surface area contributed by atoms with Gasteiger partial charge in [-0.2, -0.15) is 0 Å². The van der Waals surface area contributed by atoms with Crippen molar-refractivity contribution in [1.82, 2.24) is 9.88 Å². The van der Waals surface area contributed by atoms with E-state index in [1.165, 1.54) is 11.8 Å². The minimum absolute atomic E-state index is 0.0243. The largest absolute Gasteiger partial charge is 0.480 e. The quantitative estimate of drug-likeness (QED) is 0.408. The first-order valence-electron chi connectivity index (χ1n) is 13.1. The van der Waals surface area contributed by atoms with Crippen molar-refractivity contribution in [3.05, 3.63) is 58.7 Å². The molecule has 1 aromatic carbocycles. The molecule has 2 atom stereocenters. The Kier molecular flexibility index (Phi) is 9.29. The number of halogens is 1. The maximum Gasteiger partial charge on any atom is 0.325 e. The Morgan fingerprint density at radius 3 is 2.94 bits per heavy atom. The fourth-order valence-electron chi connectivity index (χ4n) is 5.02. The number of aliphatic carboxylic acids is 1. The molecule has 0 radical (unpaired) electrons. The summed E-state index contributed by atoms with van der Waals surface area (Å²) in [6.07, 6.45) is 5.67. The summed E-state index contributed by atoms with van der Waals surface area (Å²) in [5.74, 6) is -1.42. The van der Waals surface area contributed by atoms with Crippen molar-refractivity contribution in [3.8, 4) is 0 Å². The third-order valence-electron chi connectivity index (χ3n) is 6.90. The summed E-state index contributed by atoms with van der Waals surface area (Å²) in [6.45, 7) is 6.56. The number of aromatic nitrogens is 1. The highest BCUT2D eigenvalue weighted by Crippen LogP contribution is 2.31. The number of carbonyl (C=O) groups is 1. The molecule has 1 unspecified atom stereocenters. The first-order chi connectivity index (χ1) is 17.4. The Bertz CT molecular complexity index is 1030. The summed E-state index contributed by atoms with van der Waals surface area (Å²) in [4.78, 5) is 18.9. The number of benzene rings is 1. The summed E-state index contributed by atoms with van der Waals surface area (Å²) < 4.78 is 26.3. The molecule has 196 valence electrons. The van der Waals surface area contributed by atoms with Crippen LogP contribution in [0, 0.1) is 5.82 Å². The van der Waals surface area contributed by atoms with Gasteiger partial charge in [-0.05, 0) is 76.1 Å². The number of fused-ring (bicyclic) bond motifs is 1. The molecule has 2 aliphatic heterocycles. The number of anilines is 1. The van der Waals surface area contributed by atoms with Crippen LogP contribution < -0.4 is 5.32 Å². The van der Waals surface area contributed by atoms with Crippen LogP contribution in [0.25, 0.3) is 0 Å². The molecule has 1 fully saturated rings. The minimum atomic E-state index is -0.986. The maximum atomic E-state index is 14.6. The number of nitrogens with one attached hydrogen (secondary N) is 1. The van der Waals surface area contributed by atoms with Crippen molar-refractivity contribution in [1.29, 1.82) is 0 Å². The first-order valence-corrected chi connectivity index (χ1v) is 13.1. The molecule has 2 aromatic rings. The minimum Gasteiger partial charge on any atom is -0.480 e. The number of pyridine rings is 1. The zero-order chi connectivity index (χ0) is 25.5. The second-order valence-electron chi connectivity index (χ2n) is 9.97. The summed E-state index contributed by atoms with van der Waals surface area (Å²) in [7, 11) is 0. The van der Waals surface area contributed by atoms with Gasteiger partial charge in [0.2, 0.25) is 0 Å². The van der Waals surface area contributed by atoms with Crippen LogP contribution in [-0.4, -0.2) is 59.4 Å². The van der Waals surface area contributed by atoms with E-state index in [0.717, 1.165) is 56.5 Å². The van der Waals surface area contributed by atoms with Gasteiger partial charge in [-0.25, -0.2) is 4.39 Å². The van der Waals surface area contributed by atoms with Crippen molar-refractivity contribution in [2.75, 3.05) is 31.6 Å². The molecule has 0 aliphatic carbocycles. The molecule has 8 heteroatoms. The van der Waals surface area contributed by atoms with E-state index in [9.17, 15) is 14.3 Å². The molecule has 36 heavy (non-hydrogen) atoms. The van der Waals surface area contributed by atoms with E-state index in [1.54, 1.807) is 12.1 Å². The molecule has 1 saturated heterocycles. The topological polar surface area (TPSA) is 83.9 Å². The van der Waals surface area contributed by atoms with Crippen molar-refractivity contribution in [2.45, 2.75) is 77.2 Å². The van der Waals surface area contributed by atoms with Crippen LogP contribution in [0.3, 0.4) is 0 Å². The van der Waals surface area contributed by atoms with Crippen LogP contribution >= 0.6 is 0 Å². The van der Waals surface area contributed by atoms with E-state index in [4.69, 9.17) is 14.5 Å².